The number of nitriles is 1. The van der Waals surface area contributed by atoms with Crippen molar-refractivity contribution in [2.24, 2.45) is 0 Å². The lowest BCUT2D eigenvalue weighted by atomic mass is 10.1. The molecule has 0 aliphatic carbocycles. The summed E-state index contributed by atoms with van der Waals surface area (Å²) >= 11 is 9.74. The molecule has 5 heteroatoms. The lowest BCUT2D eigenvalue weighted by molar-refractivity contribution is 0.282. The normalized spacial score (nSPS) is 12.3. The summed E-state index contributed by atoms with van der Waals surface area (Å²) in [5, 5.41) is 9.79. The fraction of sp³-hybridized carbons (Fsp3) is 0.562. The van der Waals surface area contributed by atoms with Crippen LogP contribution in [0.2, 0.25) is 23.2 Å². The minimum absolute atomic E-state index is 0.236. The second kappa shape index (κ2) is 7.28. The average Bonchev–Trinajstić information content (AvgIpc) is 2.35. The van der Waals surface area contributed by atoms with Crippen LogP contribution in [0.15, 0.2) is 16.6 Å². The van der Waals surface area contributed by atoms with Crippen LogP contribution in [0.4, 0.5) is 0 Å². The Hall–Kier alpha value is -0.343. The summed E-state index contributed by atoms with van der Waals surface area (Å²) < 4.78 is 7.07. The quantitative estimate of drug-likeness (QED) is 0.462. The second-order valence-corrected chi connectivity index (χ2v) is 12.8. The van der Waals surface area contributed by atoms with Gasteiger partial charge < -0.3 is 4.43 Å². The van der Waals surface area contributed by atoms with Gasteiger partial charge in [-0.25, -0.2) is 0 Å². The van der Waals surface area contributed by atoms with Gasteiger partial charge >= 0.3 is 0 Å². The standard InChI is InChI=1S/C16H23BrClNOSi/c1-16(2,3)21(4,5)20-8-6-7-13-14(17)9-12(11-19)10-15(13)18/h9-10H,6-8H2,1-5H3. The molecule has 0 N–H and O–H groups in total. The molecule has 0 spiro atoms. The molecule has 0 aliphatic rings. The van der Waals surface area contributed by atoms with E-state index in [2.05, 4.69) is 55.9 Å². The highest BCUT2D eigenvalue weighted by atomic mass is 79.9. The molecule has 1 rings (SSSR count). The van der Waals surface area contributed by atoms with Crippen LogP contribution in [0.3, 0.4) is 0 Å². The van der Waals surface area contributed by atoms with Gasteiger partial charge in [-0.3, -0.25) is 0 Å². The molecule has 0 unspecified atom stereocenters. The van der Waals surface area contributed by atoms with Gasteiger partial charge in [-0.1, -0.05) is 48.3 Å². The first-order chi connectivity index (χ1) is 9.58. The van der Waals surface area contributed by atoms with E-state index in [9.17, 15) is 0 Å². The number of hydrogen-bond donors (Lipinski definition) is 0. The summed E-state index contributed by atoms with van der Waals surface area (Å²) in [5.74, 6) is 0. The lowest BCUT2D eigenvalue weighted by Crippen LogP contribution is -2.41. The number of hydrogen-bond acceptors (Lipinski definition) is 2. The molecule has 1 aromatic carbocycles. The first-order valence-corrected chi connectivity index (χ1v) is 11.2. The second-order valence-electron chi connectivity index (χ2n) is 6.74. The number of rotatable bonds is 5. The van der Waals surface area contributed by atoms with Gasteiger partial charge in [0.15, 0.2) is 8.32 Å². The van der Waals surface area contributed by atoms with Crippen molar-refractivity contribution in [3.05, 3.63) is 32.8 Å². The molecule has 1 aromatic rings. The van der Waals surface area contributed by atoms with Gasteiger partial charge in [0.05, 0.1) is 11.6 Å². The number of halogens is 2. The van der Waals surface area contributed by atoms with E-state index >= 15 is 0 Å². The van der Waals surface area contributed by atoms with Crippen molar-refractivity contribution < 1.29 is 4.43 Å². The van der Waals surface area contributed by atoms with E-state index in [1.165, 1.54) is 0 Å². The van der Waals surface area contributed by atoms with Crippen LogP contribution in [0.25, 0.3) is 0 Å². The lowest BCUT2D eigenvalue weighted by Gasteiger charge is -2.36. The topological polar surface area (TPSA) is 33.0 Å². The molecule has 0 saturated heterocycles. The van der Waals surface area contributed by atoms with Gasteiger partial charge in [-0.2, -0.15) is 5.26 Å². The van der Waals surface area contributed by atoms with Gasteiger partial charge in [0, 0.05) is 16.1 Å². The van der Waals surface area contributed by atoms with Crippen molar-refractivity contribution >= 4 is 35.8 Å². The molecule has 116 valence electrons. The van der Waals surface area contributed by atoms with Crippen molar-refractivity contribution in [1.29, 1.82) is 5.26 Å². The molecule has 21 heavy (non-hydrogen) atoms. The Labute approximate surface area is 142 Å². The zero-order valence-corrected chi connectivity index (χ0v) is 16.7. The third-order valence-electron chi connectivity index (χ3n) is 4.11. The van der Waals surface area contributed by atoms with E-state index < -0.39 is 8.32 Å². The average molecular weight is 389 g/mol. The molecule has 0 atom stereocenters. The fourth-order valence-corrected chi connectivity index (χ4v) is 3.87. The van der Waals surface area contributed by atoms with E-state index in [0.717, 1.165) is 29.5 Å². The molecular weight excluding hydrogens is 366 g/mol. The molecule has 0 amide bonds. The van der Waals surface area contributed by atoms with Gasteiger partial charge in [0.2, 0.25) is 0 Å². The van der Waals surface area contributed by atoms with Crippen molar-refractivity contribution in [3.8, 4) is 6.07 Å². The van der Waals surface area contributed by atoms with Crippen LogP contribution in [0.5, 0.6) is 0 Å². The highest BCUT2D eigenvalue weighted by molar-refractivity contribution is 9.10. The molecule has 0 aliphatic heterocycles. The molecule has 2 nitrogen and oxygen atoms in total. The van der Waals surface area contributed by atoms with Crippen LogP contribution in [-0.4, -0.2) is 14.9 Å². The summed E-state index contributed by atoms with van der Waals surface area (Å²) in [6.45, 7) is 12.0. The van der Waals surface area contributed by atoms with Crippen molar-refractivity contribution in [2.45, 2.75) is 51.7 Å². The maximum Gasteiger partial charge on any atom is 0.191 e. The van der Waals surface area contributed by atoms with Crippen molar-refractivity contribution in [3.63, 3.8) is 0 Å². The third-order valence-corrected chi connectivity index (χ3v) is 9.69. The monoisotopic (exact) mass is 387 g/mol. The molecule has 0 saturated carbocycles. The first-order valence-electron chi connectivity index (χ1n) is 7.10. The van der Waals surface area contributed by atoms with Gasteiger partial charge in [0.1, 0.15) is 0 Å². The summed E-state index contributed by atoms with van der Waals surface area (Å²) in [4.78, 5) is 0. The minimum Gasteiger partial charge on any atom is -0.417 e. The third kappa shape index (κ3) is 5.10. The Kier molecular flexibility index (Phi) is 6.48. The fourth-order valence-electron chi connectivity index (χ4n) is 1.70. The van der Waals surface area contributed by atoms with Crippen LogP contribution in [0.1, 0.15) is 38.3 Å². The van der Waals surface area contributed by atoms with Gasteiger partial charge in [-0.15, -0.1) is 0 Å². The SMILES string of the molecule is CC(C)(C)[Si](C)(C)OCCCc1c(Cl)cc(C#N)cc1Br. The Morgan fingerprint density at radius 2 is 1.95 bits per heavy atom. The Bertz CT molecular complexity index is 523. The summed E-state index contributed by atoms with van der Waals surface area (Å²) in [6, 6.07) is 5.64. The van der Waals surface area contributed by atoms with E-state index in [4.69, 9.17) is 21.3 Å². The summed E-state index contributed by atoms with van der Waals surface area (Å²) in [6.07, 6.45) is 1.77. The van der Waals surface area contributed by atoms with E-state index in [1.54, 1.807) is 6.07 Å². The predicted molar refractivity (Wildman–Crippen MR) is 95.3 cm³/mol. The largest absolute Gasteiger partial charge is 0.417 e. The predicted octanol–water partition coefficient (Wildman–Crippen LogP) is 5.93. The van der Waals surface area contributed by atoms with Gasteiger partial charge in [-0.05, 0) is 48.7 Å². The zero-order chi connectivity index (χ0) is 16.3. The van der Waals surface area contributed by atoms with E-state index in [1.807, 2.05) is 6.07 Å². The smallest absolute Gasteiger partial charge is 0.191 e. The molecule has 0 bridgehead atoms. The molecule has 0 heterocycles. The van der Waals surface area contributed by atoms with Crippen LogP contribution in [0, 0.1) is 11.3 Å². The Morgan fingerprint density at radius 3 is 2.43 bits per heavy atom. The highest BCUT2D eigenvalue weighted by Crippen LogP contribution is 2.36. The van der Waals surface area contributed by atoms with E-state index in [0.29, 0.717) is 10.6 Å². The van der Waals surface area contributed by atoms with Crippen molar-refractivity contribution in [2.75, 3.05) is 6.61 Å². The molecular formula is C16H23BrClNOSi. The van der Waals surface area contributed by atoms with Crippen LogP contribution < -0.4 is 0 Å². The summed E-state index contributed by atoms with van der Waals surface area (Å²) in [5.41, 5.74) is 1.63. The Morgan fingerprint density at radius 1 is 1.33 bits per heavy atom. The number of benzene rings is 1. The zero-order valence-electron chi connectivity index (χ0n) is 13.4. The minimum atomic E-state index is -1.67. The van der Waals surface area contributed by atoms with E-state index in [-0.39, 0.29) is 5.04 Å². The van der Waals surface area contributed by atoms with Gasteiger partial charge in [0.25, 0.3) is 0 Å². The number of nitrogens with zero attached hydrogens (tertiary/aromatic N) is 1. The van der Waals surface area contributed by atoms with Crippen LogP contribution in [-0.2, 0) is 10.8 Å². The molecule has 0 aromatic heterocycles. The highest BCUT2D eigenvalue weighted by Gasteiger charge is 2.36. The summed E-state index contributed by atoms with van der Waals surface area (Å²) in [7, 11) is -1.67. The first kappa shape index (κ1) is 18.7. The molecule has 0 fully saturated rings. The maximum absolute atomic E-state index is 8.91. The maximum atomic E-state index is 8.91. The van der Waals surface area contributed by atoms with Crippen molar-refractivity contribution in [1.82, 2.24) is 0 Å². The van der Waals surface area contributed by atoms with Crippen LogP contribution >= 0.6 is 27.5 Å². The molecule has 0 radical (unpaired) electrons. The Balaban J connectivity index is 2.61.